The zero-order valence-corrected chi connectivity index (χ0v) is 13.1. The standard InChI is InChI=1S/C15H14F3N3OS/c1-23-15-19-11-4-5-21(7-9(11)14(22)20-15)6-8-2-3-10(16)13(18)12(8)17/h2-3H,4-7H2,1H3,(H,19,20,22). The van der Waals surface area contributed by atoms with E-state index in [1.54, 1.807) is 0 Å². The van der Waals surface area contributed by atoms with E-state index in [4.69, 9.17) is 0 Å². The van der Waals surface area contributed by atoms with Gasteiger partial charge in [-0.1, -0.05) is 17.8 Å². The number of nitrogens with zero attached hydrogens (tertiary/aromatic N) is 2. The van der Waals surface area contributed by atoms with Crippen LogP contribution in [0.1, 0.15) is 16.8 Å². The summed E-state index contributed by atoms with van der Waals surface area (Å²) in [5, 5.41) is 0.564. The summed E-state index contributed by atoms with van der Waals surface area (Å²) in [4.78, 5) is 21.0. The Balaban J connectivity index is 1.83. The van der Waals surface area contributed by atoms with Crippen molar-refractivity contribution in [3.05, 3.63) is 56.8 Å². The van der Waals surface area contributed by atoms with Gasteiger partial charge in [-0.3, -0.25) is 9.69 Å². The van der Waals surface area contributed by atoms with Crippen LogP contribution in [0.5, 0.6) is 0 Å². The van der Waals surface area contributed by atoms with Gasteiger partial charge >= 0.3 is 0 Å². The average Bonchev–Trinajstić information content (AvgIpc) is 2.55. The van der Waals surface area contributed by atoms with E-state index < -0.39 is 17.5 Å². The lowest BCUT2D eigenvalue weighted by molar-refractivity contribution is 0.236. The number of halogens is 3. The second-order valence-corrected chi connectivity index (χ2v) is 6.09. The predicted molar refractivity (Wildman–Crippen MR) is 80.8 cm³/mol. The van der Waals surface area contributed by atoms with Gasteiger partial charge in [0.2, 0.25) is 0 Å². The Bertz CT molecular complexity index is 809. The molecule has 1 aromatic carbocycles. The fourth-order valence-corrected chi connectivity index (χ4v) is 3.01. The molecule has 1 N–H and O–H groups in total. The highest BCUT2D eigenvalue weighted by Crippen LogP contribution is 2.21. The molecule has 0 atom stereocenters. The Hall–Kier alpha value is -1.80. The summed E-state index contributed by atoms with van der Waals surface area (Å²) in [5.74, 6) is -3.86. The third kappa shape index (κ3) is 3.13. The first-order chi connectivity index (χ1) is 11.0. The van der Waals surface area contributed by atoms with E-state index in [0.29, 0.717) is 30.2 Å². The van der Waals surface area contributed by atoms with Gasteiger partial charge in [0.05, 0.1) is 11.3 Å². The van der Waals surface area contributed by atoms with Gasteiger partial charge in [0, 0.05) is 31.6 Å². The number of nitrogens with one attached hydrogen (secondary N) is 1. The average molecular weight is 341 g/mol. The second kappa shape index (κ2) is 6.37. The Morgan fingerprint density at radius 3 is 2.83 bits per heavy atom. The maximum Gasteiger partial charge on any atom is 0.256 e. The van der Waals surface area contributed by atoms with Crippen LogP contribution < -0.4 is 5.56 Å². The van der Waals surface area contributed by atoms with Gasteiger partial charge in [-0.2, -0.15) is 0 Å². The van der Waals surface area contributed by atoms with Crippen LogP contribution in [0.25, 0.3) is 0 Å². The molecule has 0 radical (unpaired) electrons. The summed E-state index contributed by atoms with van der Waals surface area (Å²) in [5.41, 5.74) is 1.13. The molecule has 122 valence electrons. The molecule has 2 aromatic rings. The van der Waals surface area contributed by atoms with Gasteiger partial charge in [0.15, 0.2) is 22.6 Å². The number of hydrogen-bond donors (Lipinski definition) is 1. The molecule has 23 heavy (non-hydrogen) atoms. The van der Waals surface area contributed by atoms with E-state index in [1.165, 1.54) is 17.8 Å². The number of rotatable bonds is 3. The first-order valence-electron chi connectivity index (χ1n) is 7.00. The monoisotopic (exact) mass is 341 g/mol. The summed E-state index contributed by atoms with van der Waals surface area (Å²) in [6, 6.07) is 2.13. The lowest BCUT2D eigenvalue weighted by atomic mass is 10.1. The van der Waals surface area contributed by atoms with Crippen molar-refractivity contribution in [1.29, 1.82) is 0 Å². The van der Waals surface area contributed by atoms with Gasteiger partial charge in [0.25, 0.3) is 5.56 Å². The first-order valence-corrected chi connectivity index (χ1v) is 8.23. The van der Waals surface area contributed by atoms with Crippen LogP contribution in [-0.2, 0) is 19.5 Å². The van der Waals surface area contributed by atoms with Crippen molar-refractivity contribution in [1.82, 2.24) is 14.9 Å². The number of thioether (sulfide) groups is 1. The maximum atomic E-state index is 13.8. The molecule has 0 spiro atoms. The number of fused-ring (bicyclic) bond motifs is 1. The van der Waals surface area contributed by atoms with Crippen molar-refractivity contribution >= 4 is 11.8 Å². The fraction of sp³-hybridized carbons (Fsp3) is 0.333. The topological polar surface area (TPSA) is 49.0 Å². The normalized spacial score (nSPS) is 14.8. The largest absolute Gasteiger partial charge is 0.301 e. The van der Waals surface area contributed by atoms with Crippen LogP contribution in [0.4, 0.5) is 13.2 Å². The van der Waals surface area contributed by atoms with Crippen LogP contribution >= 0.6 is 11.8 Å². The van der Waals surface area contributed by atoms with E-state index in [0.717, 1.165) is 11.8 Å². The highest BCUT2D eigenvalue weighted by molar-refractivity contribution is 7.98. The number of H-pyrrole nitrogens is 1. The van der Waals surface area contributed by atoms with Gasteiger partial charge < -0.3 is 4.98 Å². The molecular weight excluding hydrogens is 327 g/mol. The molecule has 2 heterocycles. The fourth-order valence-electron chi connectivity index (χ4n) is 2.62. The van der Waals surface area contributed by atoms with Crippen molar-refractivity contribution in [3.63, 3.8) is 0 Å². The molecule has 0 fully saturated rings. The maximum absolute atomic E-state index is 13.8. The van der Waals surface area contributed by atoms with Crippen LogP contribution in [0.15, 0.2) is 22.1 Å². The van der Waals surface area contributed by atoms with Gasteiger partial charge in [-0.25, -0.2) is 18.2 Å². The summed E-state index contributed by atoms with van der Waals surface area (Å²) in [7, 11) is 0. The molecule has 1 aromatic heterocycles. The Labute approximate surface area is 134 Å². The summed E-state index contributed by atoms with van der Waals surface area (Å²) < 4.78 is 40.0. The Morgan fingerprint density at radius 1 is 1.30 bits per heavy atom. The Morgan fingerprint density at radius 2 is 2.09 bits per heavy atom. The van der Waals surface area contributed by atoms with E-state index in [1.807, 2.05) is 11.2 Å². The van der Waals surface area contributed by atoms with Crippen molar-refractivity contribution in [2.45, 2.75) is 24.7 Å². The summed E-state index contributed by atoms with van der Waals surface area (Å²) in [6.45, 7) is 0.965. The molecule has 3 rings (SSSR count). The molecule has 0 bridgehead atoms. The molecule has 4 nitrogen and oxygen atoms in total. The van der Waals surface area contributed by atoms with E-state index in [-0.39, 0.29) is 17.7 Å². The third-order valence-electron chi connectivity index (χ3n) is 3.83. The van der Waals surface area contributed by atoms with Crippen molar-refractivity contribution in [2.75, 3.05) is 12.8 Å². The minimum atomic E-state index is -1.47. The van der Waals surface area contributed by atoms with Crippen LogP contribution in [0.2, 0.25) is 0 Å². The minimum Gasteiger partial charge on any atom is -0.301 e. The lowest BCUT2D eigenvalue weighted by Gasteiger charge is -2.27. The number of aromatic nitrogens is 2. The van der Waals surface area contributed by atoms with Crippen LogP contribution in [0, 0.1) is 17.5 Å². The zero-order chi connectivity index (χ0) is 16.6. The Kier molecular flexibility index (Phi) is 4.45. The summed E-state index contributed by atoms with van der Waals surface area (Å²) >= 11 is 1.36. The highest BCUT2D eigenvalue weighted by Gasteiger charge is 2.23. The van der Waals surface area contributed by atoms with Crippen molar-refractivity contribution in [3.8, 4) is 0 Å². The number of aromatic amines is 1. The molecule has 1 aliphatic heterocycles. The quantitative estimate of drug-likeness (QED) is 0.529. The SMILES string of the molecule is CSc1nc2c(c(=O)[nH]1)CN(Cc1ccc(F)c(F)c1F)CC2. The lowest BCUT2D eigenvalue weighted by Crippen LogP contribution is -2.35. The van der Waals surface area contributed by atoms with E-state index in [9.17, 15) is 18.0 Å². The summed E-state index contributed by atoms with van der Waals surface area (Å²) in [6.07, 6.45) is 2.38. The molecule has 1 aliphatic rings. The minimum absolute atomic E-state index is 0.0671. The molecular formula is C15H14F3N3OS. The number of benzene rings is 1. The smallest absolute Gasteiger partial charge is 0.256 e. The van der Waals surface area contributed by atoms with Gasteiger partial charge in [0.1, 0.15) is 0 Å². The van der Waals surface area contributed by atoms with E-state index >= 15 is 0 Å². The third-order valence-corrected chi connectivity index (χ3v) is 4.41. The number of hydrogen-bond acceptors (Lipinski definition) is 4. The van der Waals surface area contributed by atoms with Crippen LogP contribution in [-0.4, -0.2) is 27.7 Å². The predicted octanol–water partition coefficient (Wildman–Crippen LogP) is 2.47. The highest BCUT2D eigenvalue weighted by atomic mass is 32.2. The van der Waals surface area contributed by atoms with E-state index in [2.05, 4.69) is 9.97 Å². The van der Waals surface area contributed by atoms with Crippen LogP contribution in [0.3, 0.4) is 0 Å². The molecule has 0 saturated carbocycles. The molecule has 0 amide bonds. The molecule has 0 saturated heterocycles. The first kappa shape index (κ1) is 16.1. The molecule has 0 aliphatic carbocycles. The van der Waals surface area contributed by atoms with Gasteiger partial charge in [-0.15, -0.1) is 0 Å². The van der Waals surface area contributed by atoms with Crippen molar-refractivity contribution in [2.24, 2.45) is 0 Å². The molecule has 8 heteroatoms. The van der Waals surface area contributed by atoms with Gasteiger partial charge in [-0.05, 0) is 12.3 Å². The zero-order valence-electron chi connectivity index (χ0n) is 12.3. The second-order valence-electron chi connectivity index (χ2n) is 5.30. The van der Waals surface area contributed by atoms with Crippen molar-refractivity contribution < 1.29 is 13.2 Å². The molecule has 0 unspecified atom stereocenters.